The van der Waals surface area contributed by atoms with Gasteiger partial charge in [0.15, 0.2) is 0 Å². The second-order valence-electron chi connectivity index (χ2n) is 28.8. The molecule has 0 aliphatic heterocycles. The first-order chi connectivity index (χ1) is 56.9. The van der Waals surface area contributed by atoms with Crippen LogP contribution in [0.5, 0.6) is 0 Å². The van der Waals surface area contributed by atoms with E-state index in [9.17, 15) is 56.3 Å². The molecule has 0 bridgehead atoms. The SMILES string of the molecule is CC(C)[Si](S)(C(C)C)C(C)C.CC(C)[Si]([S-])(C(C)C)C(C)C.O.O=S(=O)(O)C(F)(F)F.O=S(=O)(OS(=O)(=O)C(F)(F)F)C(F)(F)F.S.[Ar].[Ar].[Ar].[Ar].[Na+].[Pd].c1ccc(P(c2ccccc2)c2ccccc2)cc1.c1ccc(P(c2ccccc2)c2ccccc2)cc1.c1ccc(P(c2ccccc2)c2ccccc2)cc1.c1ccc(P(c2ccccc2)c2ccccc2)cc1. The van der Waals surface area contributed by atoms with Gasteiger partial charge in [-0.3, -0.25) is 4.55 Å². The number of halogens is 9. The molecule has 0 atom stereocenters. The van der Waals surface area contributed by atoms with Crippen LogP contribution in [0.3, 0.4) is 0 Å². The summed E-state index contributed by atoms with van der Waals surface area (Å²) in [4.78, 5) is 0. The quantitative estimate of drug-likeness (QED) is 0.0144. The third-order valence-electron chi connectivity index (χ3n) is 18.7. The molecule has 0 aliphatic rings. The van der Waals surface area contributed by atoms with Gasteiger partial charge in [-0.2, -0.15) is 78.3 Å². The van der Waals surface area contributed by atoms with Gasteiger partial charge in [0.2, 0.25) is 0 Å². The average molecular weight is 2200 g/mol. The van der Waals surface area contributed by atoms with E-state index >= 15 is 0 Å². The van der Waals surface area contributed by atoms with Crippen LogP contribution in [0.1, 0.15) is 83.1 Å². The summed E-state index contributed by atoms with van der Waals surface area (Å²) in [5.41, 5.74) is -13.5. The molecular weight excluding hydrogens is 2090 g/mol. The number of benzene rings is 12. The predicted molar refractivity (Wildman–Crippen MR) is 522 cm³/mol. The standard InChI is InChI=1S/4C18H15P.C9H22SSi.C9H21SSi.C2F6O5S2.CHF3O3S.4Ar.Na.H2O.Pd.H2S/c4*1-4-10-16(11-5-1)19(17-12-6-2-7-13-17)18-14-8-3-9-15-18;2*1-7(2)11(10,8(3)4)9(5)6;3-1(4,5)14(9,10)13-15(11,12)2(6,7)8;2-1(3,4)8(5,6)7;;;;;;;;/h4*1-15H;7-10H,1-6H3;7-9H,1-6H3;;(H,5,6,7);;;;;;1H2;;1H2/q;;;;;-1;;;;;;;+1;;;. The van der Waals surface area contributed by atoms with Gasteiger partial charge in [-0.05, 0) is 112 Å². The predicted octanol–water partition coefficient (Wildman–Crippen LogP) is 19.0. The van der Waals surface area contributed by atoms with Gasteiger partial charge in [0.25, 0.3) is 0 Å². The molecule has 12 aromatic carbocycles. The van der Waals surface area contributed by atoms with E-state index in [1.165, 1.54) is 63.7 Å². The van der Waals surface area contributed by atoms with Crippen molar-refractivity contribution in [3.05, 3.63) is 364 Å². The molecule has 12 aromatic rings. The molecule has 9 nitrogen and oxygen atoms in total. The number of alkyl halides is 9. The van der Waals surface area contributed by atoms with Crippen LogP contribution in [-0.4, -0.2) is 66.3 Å². The fraction of sp³-hybridized carbons (Fsp3) is 0.226. The summed E-state index contributed by atoms with van der Waals surface area (Å²) in [7, 11) is -24.0. The van der Waals surface area contributed by atoms with Crippen LogP contribution in [0.15, 0.2) is 364 Å². The smallest absolute Gasteiger partial charge is 0.795 e. The van der Waals surface area contributed by atoms with Crippen LogP contribution >= 0.6 is 57.3 Å². The zero-order valence-corrected chi connectivity index (χ0v) is 90.0. The summed E-state index contributed by atoms with van der Waals surface area (Å²) in [6, 6.07) is 129. The third-order valence-corrected chi connectivity index (χ3v) is 51.5. The van der Waals surface area contributed by atoms with Crippen molar-refractivity contribution < 1.29 is 279 Å². The first kappa shape index (κ1) is 135. The van der Waals surface area contributed by atoms with E-state index in [4.69, 9.17) is 37.1 Å². The Morgan fingerprint density at radius 3 is 0.434 bits per heavy atom. The van der Waals surface area contributed by atoms with Crippen LogP contribution in [0.2, 0.25) is 33.2 Å². The summed E-state index contributed by atoms with van der Waals surface area (Å²) in [5, 5.41) is 16.8. The minimum absolute atomic E-state index is 0. The minimum Gasteiger partial charge on any atom is -0.795 e. The van der Waals surface area contributed by atoms with E-state index < -0.39 is 93.0 Å². The second-order valence-corrected chi connectivity index (χ2v) is 57.3. The molecule has 3 N–H and O–H groups in total. The van der Waals surface area contributed by atoms with Crippen molar-refractivity contribution in [3.63, 3.8) is 0 Å². The molecular formula is C93H108Ar4F9NaO9P4PdS6Si2. The zero-order valence-electron chi connectivity index (χ0n) is 72.9. The summed E-state index contributed by atoms with van der Waals surface area (Å²) in [6.07, 6.45) is 0. The number of hydrogen-bond donors (Lipinski definition) is 2. The fourth-order valence-corrected chi connectivity index (χ4v) is 31.7. The van der Waals surface area contributed by atoms with E-state index in [1.54, 1.807) is 0 Å². The first-order valence-corrected chi connectivity index (χ1v) is 55.0. The molecule has 0 radical (unpaired) electrons. The summed E-state index contributed by atoms with van der Waals surface area (Å²) < 4.78 is 168. The van der Waals surface area contributed by atoms with E-state index in [1.807, 2.05) is 3.63 Å². The van der Waals surface area contributed by atoms with Gasteiger partial charge >= 0.3 is 76.4 Å². The fourth-order valence-electron chi connectivity index (χ4n) is 12.9. The van der Waals surface area contributed by atoms with Gasteiger partial charge in [-0.1, -0.05) is 471 Å². The molecule has 0 saturated heterocycles. The van der Waals surface area contributed by atoms with Gasteiger partial charge in [0, 0.05) is 171 Å². The second kappa shape index (κ2) is 67.1. The van der Waals surface area contributed by atoms with Crippen LogP contribution in [0.4, 0.5) is 39.5 Å². The van der Waals surface area contributed by atoms with Crippen molar-refractivity contribution in [2.45, 2.75) is 133 Å². The molecule has 129 heavy (non-hydrogen) atoms. The van der Waals surface area contributed by atoms with Crippen molar-refractivity contribution in [3.8, 4) is 0 Å². The van der Waals surface area contributed by atoms with Crippen LogP contribution < -0.4 is 93.2 Å². The van der Waals surface area contributed by atoms with E-state index in [2.05, 4.69) is 447 Å². The Kier molecular flexibility index (Phi) is 70.2. The Hall–Kier alpha value is -0.355. The normalized spacial score (nSPS) is 11.2. The Morgan fingerprint density at radius 1 is 0.279 bits per heavy atom. The third kappa shape index (κ3) is 44.6. The molecule has 0 saturated carbocycles. The Labute approximate surface area is 939 Å². The molecule has 36 heteroatoms. The molecule has 0 aliphatic carbocycles. The van der Waals surface area contributed by atoms with Crippen molar-refractivity contribution in [2.75, 3.05) is 0 Å². The minimum atomic E-state index is -6.85. The maximum atomic E-state index is 11.4. The number of hydrogen-bond acceptors (Lipinski definition) is 9. The number of thiol groups is 1. The van der Waals surface area contributed by atoms with Gasteiger partial charge < -0.3 is 17.6 Å². The van der Waals surface area contributed by atoms with Crippen molar-refractivity contribution in [1.82, 2.24) is 0 Å². The van der Waals surface area contributed by atoms with Crippen LogP contribution in [-0.2, 0) is 66.5 Å². The molecule has 0 heterocycles. The Bertz CT molecular complexity index is 4320. The Morgan fingerprint density at radius 2 is 0.380 bits per heavy atom. The van der Waals surface area contributed by atoms with E-state index in [-0.39, 0.29) is 220 Å². The summed E-state index contributed by atoms with van der Waals surface area (Å²) in [6.45, 7) is 27.7. The molecule has 0 amide bonds. The van der Waals surface area contributed by atoms with Crippen molar-refractivity contribution >= 4 is 178 Å². The maximum absolute atomic E-state index is 11.4. The summed E-state index contributed by atoms with van der Waals surface area (Å²) >= 11 is 10.8. The Balaban J connectivity index is -0.000000696. The first-order valence-electron chi connectivity index (χ1n) is 38.5. The molecule has 0 spiro atoms. The molecule has 0 unspecified atom stereocenters. The number of rotatable bonds is 20. The largest absolute Gasteiger partial charge is 1.00 e. The van der Waals surface area contributed by atoms with Gasteiger partial charge in [-0.15, -0.1) is 3.63 Å². The van der Waals surface area contributed by atoms with Crippen molar-refractivity contribution in [1.29, 1.82) is 0 Å². The van der Waals surface area contributed by atoms with Gasteiger partial charge in [0.05, 0.1) is 0 Å². The average Bonchev–Trinajstić information content (AvgIpc) is 0.983. The zero-order chi connectivity index (χ0) is 89.8. The molecule has 12 rings (SSSR count). The van der Waals surface area contributed by atoms with Crippen LogP contribution in [0, 0.1) is 151 Å². The van der Waals surface area contributed by atoms with Gasteiger partial charge in [0.1, 0.15) is 7.22 Å². The molecule has 704 valence electrons. The topological polar surface area (TPSA) is 163 Å². The van der Waals surface area contributed by atoms with Gasteiger partial charge in [-0.25, -0.2) is 12.1 Å². The van der Waals surface area contributed by atoms with E-state index in [0.717, 1.165) is 33.2 Å². The molecule has 0 aromatic heterocycles. The maximum Gasteiger partial charge on any atom is 1.00 e. The van der Waals surface area contributed by atoms with E-state index in [0.29, 0.717) is 0 Å². The van der Waals surface area contributed by atoms with Crippen LogP contribution in [0.25, 0.3) is 0 Å². The van der Waals surface area contributed by atoms with Crippen molar-refractivity contribution in [2.24, 2.45) is 0 Å². The monoisotopic (exact) mass is 2200 g/mol. The molecule has 0 fully saturated rings. The summed E-state index contributed by atoms with van der Waals surface area (Å²) in [5.74, 6) is 0.